The van der Waals surface area contributed by atoms with Gasteiger partial charge in [-0.2, -0.15) is 5.26 Å². The van der Waals surface area contributed by atoms with Gasteiger partial charge in [-0.3, -0.25) is 4.98 Å². The van der Waals surface area contributed by atoms with Crippen molar-refractivity contribution in [3.05, 3.63) is 83.7 Å². The minimum absolute atomic E-state index is 0.249. The zero-order valence-corrected chi connectivity index (χ0v) is 16.6. The molecule has 2 aromatic heterocycles. The summed E-state index contributed by atoms with van der Waals surface area (Å²) in [6.45, 7) is 4.39. The highest BCUT2D eigenvalue weighted by Gasteiger charge is 2.41. The van der Waals surface area contributed by atoms with Crippen molar-refractivity contribution in [2.24, 2.45) is 17.6 Å². The number of aromatic nitrogens is 3. The average molecular weight is 381 g/mol. The lowest BCUT2D eigenvalue weighted by Crippen LogP contribution is -2.48. The molecule has 29 heavy (non-hydrogen) atoms. The maximum Gasteiger partial charge on any atom is 0.115 e. The molecule has 5 nitrogen and oxygen atoms in total. The van der Waals surface area contributed by atoms with Crippen LogP contribution in [0.1, 0.15) is 36.4 Å². The molecule has 3 aromatic rings. The summed E-state index contributed by atoms with van der Waals surface area (Å²) in [7, 11) is 0. The maximum atomic E-state index is 9.31. The fraction of sp³-hybridized carbons (Fsp3) is 0.250. The minimum atomic E-state index is -0.637. The molecule has 5 heteroatoms. The van der Waals surface area contributed by atoms with Crippen LogP contribution in [0.5, 0.6) is 0 Å². The number of rotatable bonds is 3. The van der Waals surface area contributed by atoms with Crippen LogP contribution in [0.3, 0.4) is 0 Å². The second-order valence-electron chi connectivity index (χ2n) is 7.75. The van der Waals surface area contributed by atoms with E-state index in [4.69, 9.17) is 5.73 Å². The van der Waals surface area contributed by atoms with Crippen LogP contribution in [-0.2, 0) is 12.0 Å². The zero-order chi connectivity index (χ0) is 20.4. The van der Waals surface area contributed by atoms with Crippen LogP contribution in [0.15, 0.2) is 61.2 Å². The predicted octanol–water partition coefficient (Wildman–Crippen LogP) is 4.11. The van der Waals surface area contributed by atoms with E-state index in [0.29, 0.717) is 11.5 Å². The highest BCUT2D eigenvalue weighted by atomic mass is 14.9. The van der Waals surface area contributed by atoms with E-state index in [2.05, 4.69) is 34.9 Å². The molecule has 0 aliphatic heterocycles. The summed E-state index contributed by atoms with van der Waals surface area (Å²) in [5, 5.41) is 9.31. The first-order valence-electron chi connectivity index (χ1n) is 9.76. The van der Waals surface area contributed by atoms with Gasteiger partial charge in [0.05, 0.1) is 22.9 Å². The van der Waals surface area contributed by atoms with Crippen LogP contribution in [0.2, 0.25) is 0 Å². The average Bonchev–Trinajstić information content (AvgIpc) is 2.77. The molecule has 4 rings (SSSR count). The molecule has 2 heterocycles. The SMILES string of the molecule is CC1Cc2ncncc2[C@@](N)(/C=C/c2ccc(-c3ccccc3C#N)cn2)[C@@H]1C. The number of nitrogens with zero attached hydrogens (tertiary/aromatic N) is 4. The van der Waals surface area contributed by atoms with E-state index >= 15 is 0 Å². The number of hydrogen-bond acceptors (Lipinski definition) is 5. The molecular formula is C24H23N5. The molecule has 0 bridgehead atoms. The van der Waals surface area contributed by atoms with Gasteiger partial charge >= 0.3 is 0 Å². The van der Waals surface area contributed by atoms with E-state index in [1.807, 2.05) is 54.7 Å². The van der Waals surface area contributed by atoms with E-state index in [0.717, 1.165) is 34.5 Å². The number of pyridine rings is 1. The van der Waals surface area contributed by atoms with Gasteiger partial charge in [0.15, 0.2) is 0 Å². The topological polar surface area (TPSA) is 88.5 Å². The number of benzene rings is 1. The maximum absolute atomic E-state index is 9.31. The van der Waals surface area contributed by atoms with Crippen molar-refractivity contribution < 1.29 is 0 Å². The molecule has 1 aromatic carbocycles. The molecule has 1 aliphatic rings. The number of fused-ring (bicyclic) bond motifs is 1. The van der Waals surface area contributed by atoms with Gasteiger partial charge in [0.2, 0.25) is 0 Å². The lowest BCUT2D eigenvalue weighted by atomic mass is 9.67. The van der Waals surface area contributed by atoms with Crippen LogP contribution < -0.4 is 5.73 Å². The van der Waals surface area contributed by atoms with E-state index in [1.165, 1.54) is 0 Å². The largest absolute Gasteiger partial charge is 0.318 e. The Labute approximate surface area is 171 Å². The first-order chi connectivity index (χ1) is 14.0. The van der Waals surface area contributed by atoms with Gasteiger partial charge in [-0.25, -0.2) is 9.97 Å². The van der Waals surface area contributed by atoms with Gasteiger partial charge < -0.3 is 5.73 Å². The van der Waals surface area contributed by atoms with Gasteiger partial charge in [-0.15, -0.1) is 0 Å². The molecule has 0 saturated carbocycles. The third kappa shape index (κ3) is 3.43. The van der Waals surface area contributed by atoms with E-state index < -0.39 is 5.54 Å². The molecule has 1 unspecified atom stereocenters. The third-order valence-corrected chi connectivity index (χ3v) is 6.06. The first-order valence-corrected chi connectivity index (χ1v) is 9.76. The molecular weight excluding hydrogens is 358 g/mol. The fourth-order valence-corrected chi connectivity index (χ4v) is 4.04. The van der Waals surface area contributed by atoms with Crippen molar-refractivity contribution in [1.82, 2.24) is 15.0 Å². The summed E-state index contributed by atoms with van der Waals surface area (Å²) in [4.78, 5) is 13.2. The highest BCUT2D eigenvalue weighted by molar-refractivity contribution is 5.70. The summed E-state index contributed by atoms with van der Waals surface area (Å²) < 4.78 is 0. The molecule has 0 spiro atoms. The Balaban J connectivity index is 1.65. The summed E-state index contributed by atoms with van der Waals surface area (Å²) in [5.41, 5.74) is 11.5. The van der Waals surface area contributed by atoms with Gasteiger partial charge in [0, 0.05) is 34.8 Å². The van der Waals surface area contributed by atoms with Gasteiger partial charge in [-0.1, -0.05) is 44.2 Å². The van der Waals surface area contributed by atoms with Crippen LogP contribution in [0, 0.1) is 23.2 Å². The van der Waals surface area contributed by atoms with E-state index in [-0.39, 0.29) is 5.92 Å². The van der Waals surface area contributed by atoms with Gasteiger partial charge in [-0.05, 0) is 36.5 Å². The van der Waals surface area contributed by atoms with Gasteiger partial charge in [0.25, 0.3) is 0 Å². The van der Waals surface area contributed by atoms with Crippen molar-refractivity contribution in [3.63, 3.8) is 0 Å². The lowest BCUT2D eigenvalue weighted by Gasteiger charge is -2.41. The Bertz CT molecular complexity index is 1100. The quantitative estimate of drug-likeness (QED) is 0.738. The van der Waals surface area contributed by atoms with E-state index in [9.17, 15) is 5.26 Å². The molecule has 2 N–H and O–H groups in total. The van der Waals surface area contributed by atoms with Gasteiger partial charge in [0.1, 0.15) is 6.33 Å². The highest BCUT2D eigenvalue weighted by Crippen LogP contribution is 2.41. The van der Waals surface area contributed by atoms with Crippen molar-refractivity contribution in [2.75, 3.05) is 0 Å². The Morgan fingerprint density at radius 1 is 1.14 bits per heavy atom. The molecule has 144 valence electrons. The van der Waals surface area contributed by atoms with Crippen molar-refractivity contribution >= 4 is 6.08 Å². The second-order valence-corrected chi connectivity index (χ2v) is 7.75. The van der Waals surface area contributed by atoms with Crippen LogP contribution in [0.4, 0.5) is 0 Å². The summed E-state index contributed by atoms with van der Waals surface area (Å²) >= 11 is 0. The lowest BCUT2D eigenvalue weighted by molar-refractivity contribution is 0.237. The standard InChI is InChI=1S/C24H23N5/c1-16-11-23-22(14-27-15-29-23)24(26,17(16)2)10-9-20-8-7-19(13-28-20)21-6-4-3-5-18(21)12-25/h3-10,13-17H,11,26H2,1-2H3/b10-9+/t16?,17-,24-/m1/s1. The fourth-order valence-electron chi connectivity index (χ4n) is 4.04. The van der Waals surface area contributed by atoms with Crippen molar-refractivity contribution in [2.45, 2.75) is 25.8 Å². The van der Waals surface area contributed by atoms with E-state index in [1.54, 1.807) is 12.5 Å². The van der Waals surface area contributed by atoms with Crippen molar-refractivity contribution in [1.29, 1.82) is 5.26 Å². The smallest absolute Gasteiger partial charge is 0.115 e. The Kier molecular flexibility index (Phi) is 4.96. The molecule has 0 amide bonds. The Hall–Kier alpha value is -3.36. The summed E-state index contributed by atoms with van der Waals surface area (Å²) in [6, 6.07) is 13.7. The van der Waals surface area contributed by atoms with Crippen LogP contribution in [0.25, 0.3) is 17.2 Å². The van der Waals surface area contributed by atoms with Crippen LogP contribution >= 0.6 is 0 Å². The molecule has 0 fully saturated rings. The molecule has 0 radical (unpaired) electrons. The third-order valence-electron chi connectivity index (χ3n) is 6.06. The molecule has 1 aliphatic carbocycles. The normalized spacial score (nSPS) is 23.5. The number of nitrogens with two attached hydrogens (primary N) is 1. The second kappa shape index (κ2) is 7.57. The summed E-state index contributed by atoms with van der Waals surface area (Å²) in [6.07, 6.45) is 10.1. The zero-order valence-electron chi connectivity index (χ0n) is 16.6. The Morgan fingerprint density at radius 3 is 2.72 bits per heavy atom. The number of hydrogen-bond donors (Lipinski definition) is 1. The monoisotopic (exact) mass is 381 g/mol. The molecule has 3 atom stereocenters. The minimum Gasteiger partial charge on any atom is -0.318 e. The molecule has 0 saturated heterocycles. The predicted molar refractivity (Wildman–Crippen MR) is 113 cm³/mol. The number of nitriles is 1. The Morgan fingerprint density at radius 2 is 1.97 bits per heavy atom. The summed E-state index contributed by atoms with van der Waals surface area (Å²) in [5.74, 6) is 0.670. The first kappa shape index (κ1) is 19.0. The van der Waals surface area contributed by atoms with Crippen LogP contribution in [-0.4, -0.2) is 15.0 Å². The van der Waals surface area contributed by atoms with Crippen molar-refractivity contribution in [3.8, 4) is 17.2 Å².